The molecule has 0 saturated carbocycles. The van der Waals surface area contributed by atoms with E-state index in [4.69, 9.17) is 21.1 Å². The lowest BCUT2D eigenvalue weighted by Gasteiger charge is -2.24. The van der Waals surface area contributed by atoms with Crippen LogP contribution in [0.2, 0.25) is 5.02 Å². The van der Waals surface area contributed by atoms with Crippen molar-refractivity contribution in [1.29, 1.82) is 0 Å². The molecule has 39 heavy (non-hydrogen) atoms. The van der Waals surface area contributed by atoms with Gasteiger partial charge in [-0.1, -0.05) is 48.0 Å². The van der Waals surface area contributed by atoms with Crippen molar-refractivity contribution in [3.8, 4) is 11.5 Å². The van der Waals surface area contributed by atoms with Gasteiger partial charge in [-0.25, -0.2) is 0 Å². The van der Waals surface area contributed by atoms with E-state index in [1.807, 2.05) is 68.4 Å². The molecule has 0 fully saturated rings. The Balaban J connectivity index is 1.21. The second kappa shape index (κ2) is 10.6. The van der Waals surface area contributed by atoms with E-state index < -0.39 is 5.97 Å². The zero-order chi connectivity index (χ0) is 27.8. The molecule has 1 N–H and O–H groups in total. The minimum Gasteiger partial charge on any atom is -0.487 e. The molecule has 3 aromatic rings. The minimum absolute atomic E-state index is 0.182. The Morgan fingerprint density at radius 1 is 0.872 bits per heavy atom. The second-order valence-corrected chi connectivity index (χ2v) is 12.0. The van der Waals surface area contributed by atoms with Crippen molar-refractivity contribution in [2.45, 2.75) is 70.6 Å². The molecule has 2 heterocycles. The number of carboxylic acid groups (broad SMARTS) is 1. The van der Waals surface area contributed by atoms with E-state index in [1.165, 1.54) is 10.5 Å². The molecule has 0 radical (unpaired) electrons. The van der Waals surface area contributed by atoms with Crippen LogP contribution in [0.4, 0.5) is 0 Å². The molecule has 3 aromatic carbocycles. The summed E-state index contributed by atoms with van der Waals surface area (Å²) in [4.78, 5) is 26.1. The number of halogens is 1. The van der Waals surface area contributed by atoms with Crippen LogP contribution in [0.1, 0.15) is 55.0 Å². The highest BCUT2D eigenvalue weighted by molar-refractivity contribution is 6.30. The number of carboxylic acids is 1. The number of aliphatic carboxylic acids is 1. The summed E-state index contributed by atoms with van der Waals surface area (Å²) in [5.41, 5.74) is 4.71. The molecule has 1 atom stereocenters. The van der Waals surface area contributed by atoms with Crippen LogP contribution in [-0.4, -0.2) is 39.6 Å². The van der Waals surface area contributed by atoms with Crippen molar-refractivity contribution >= 4 is 23.5 Å². The summed E-state index contributed by atoms with van der Waals surface area (Å²) in [6, 6.07) is 19.8. The first-order chi connectivity index (χ1) is 18.5. The normalized spacial score (nSPS) is 18.6. The van der Waals surface area contributed by atoms with Crippen molar-refractivity contribution in [1.82, 2.24) is 4.90 Å². The van der Waals surface area contributed by atoms with Crippen molar-refractivity contribution in [2.75, 3.05) is 6.54 Å². The SMILES string of the molecule is CC1(C)Cc2cc(CN(CC(=O)O)C(=O)CCc3ccc4c(c3)C[C@](C)(Cc3ccc(Cl)cc3)O4)ccc2O1. The summed E-state index contributed by atoms with van der Waals surface area (Å²) in [7, 11) is 0. The number of benzene rings is 3. The van der Waals surface area contributed by atoms with Crippen LogP contribution in [0.5, 0.6) is 11.5 Å². The first-order valence-corrected chi connectivity index (χ1v) is 13.7. The predicted molar refractivity (Wildman–Crippen MR) is 151 cm³/mol. The number of hydrogen-bond acceptors (Lipinski definition) is 4. The molecule has 204 valence electrons. The van der Waals surface area contributed by atoms with Crippen LogP contribution in [0, 0.1) is 0 Å². The molecule has 0 unspecified atom stereocenters. The van der Waals surface area contributed by atoms with E-state index in [2.05, 4.69) is 13.0 Å². The van der Waals surface area contributed by atoms with Crippen molar-refractivity contribution < 1.29 is 24.2 Å². The molecule has 2 aliphatic heterocycles. The fourth-order valence-electron chi connectivity index (χ4n) is 5.65. The van der Waals surface area contributed by atoms with Crippen LogP contribution in [0.3, 0.4) is 0 Å². The third-order valence-corrected chi connectivity index (χ3v) is 7.60. The fourth-order valence-corrected chi connectivity index (χ4v) is 5.78. The Kier molecular flexibility index (Phi) is 7.34. The van der Waals surface area contributed by atoms with Gasteiger partial charge in [0, 0.05) is 37.3 Å². The molecule has 6 nitrogen and oxygen atoms in total. The zero-order valence-corrected chi connectivity index (χ0v) is 23.4. The molecular formula is C32H34ClNO5. The number of nitrogens with zero attached hydrogens (tertiary/aromatic N) is 1. The molecule has 0 aromatic heterocycles. The molecular weight excluding hydrogens is 514 g/mol. The monoisotopic (exact) mass is 547 g/mol. The highest BCUT2D eigenvalue weighted by Gasteiger charge is 2.35. The maximum atomic E-state index is 13.2. The van der Waals surface area contributed by atoms with Crippen molar-refractivity contribution in [3.05, 3.63) is 93.5 Å². The summed E-state index contributed by atoms with van der Waals surface area (Å²) >= 11 is 6.03. The largest absolute Gasteiger partial charge is 0.487 e. The van der Waals surface area contributed by atoms with E-state index in [-0.39, 0.29) is 36.6 Å². The van der Waals surface area contributed by atoms with Crippen LogP contribution in [0.25, 0.3) is 0 Å². The number of hydrogen-bond donors (Lipinski definition) is 1. The lowest BCUT2D eigenvalue weighted by atomic mass is 9.91. The van der Waals surface area contributed by atoms with Gasteiger partial charge >= 0.3 is 5.97 Å². The van der Waals surface area contributed by atoms with E-state index >= 15 is 0 Å². The van der Waals surface area contributed by atoms with Crippen LogP contribution < -0.4 is 9.47 Å². The number of aryl methyl sites for hydroxylation is 1. The molecule has 0 spiro atoms. The van der Waals surface area contributed by atoms with E-state index in [9.17, 15) is 14.7 Å². The Bertz CT molecular complexity index is 1400. The standard InChI is InChI=1S/C32H34ClNO5/c1-31(2)17-24-15-23(7-12-27(24)38-31)19-34(20-30(36)37)29(35)13-8-21-6-11-28-25(14-21)18-32(3,39-28)16-22-4-9-26(33)10-5-22/h4-7,9-12,14-15H,8,13,16-20H2,1-3H3,(H,36,37)/t32-/m0/s1. The van der Waals surface area contributed by atoms with Crippen molar-refractivity contribution in [3.63, 3.8) is 0 Å². The smallest absolute Gasteiger partial charge is 0.323 e. The van der Waals surface area contributed by atoms with Gasteiger partial charge in [0.05, 0.1) is 0 Å². The van der Waals surface area contributed by atoms with Crippen LogP contribution in [-0.2, 0) is 41.8 Å². The zero-order valence-electron chi connectivity index (χ0n) is 22.6. The number of carbonyl (C=O) groups is 2. The van der Waals surface area contributed by atoms with Gasteiger partial charge in [-0.15, -0.1) is 0 Å². The average Bonchev–Trinajstić information content (AvgIpc) is 3.36. The topological polar surface area (TPSA) is 76.1 Å². The Morgan fingerprint density at radius 2 is 1.49 bits per heavy atom. The van der Waals surface area contributed by atoms with Gasteiger partial charge < -0.3 is 19.5 Å². The quantitative estimate of drug-likeness (QED) is 0.354. The third-order valence-electron chi connectivity index (χ3n) is 7.34. The van der Waals surface area contributed by atoms with E-state index in [0.29, 0.717) is 11.4 Å². The second-order valence-electron chi connectivity index (χ2n) is 11.6. The number of ether oxygens (including phenoxy) is 2. The van der Waals surface area contributed by atoms with Gasteiger partial charge in [-0.3, -0.25) is 9.59 Å². The Morgan fingerprint density at radius 3 is 2.21 bits per heavy atom. The predicted octanol–water partition coefficient (Wildman–Crippen LogP) is 6.04. The summed E-state index contributed by atoms with van der Waals surface area (Å²) in [5, 5.41) is 10.2. The van der Waals surface area contributed by atoms with Gasteiger partial charge in [0.2, 0.25) is 5.91 Å². The third kappa shape index (κ3) is 6.56. The highest BCUT2D eigenvalue weighted by atomic mass is 35.5. The molecule has 5 rings (SSSR count). The van der Waals surface area contributed by atoms with Crippen LogP contribution >= 0.6 is 11.6 Å². The Labute approximate surface area is 234 Å². The minimum atomic E-state index is -1.02. The maximum Gasteiger partial charge on any atom is 0.323 e. The number of fused-ring (bicyclic) bond motifs is 2. The summed E-state index contributed by atoms with van der Waals surface area (Å²) in [6.07, 6.45) is 3.09. The molecule has 1 amide bonds. The molecule has 0 saturated heterocycles. The molecule has 0 aliphatic carbocycles. The average molecular weight is 548 g/mol. The summed E-state index contributed by atoms with van der Waals surface area (Å²) in [5.74, 6) is 0.518. The van der Waals surface area contributed by atoms with E-state index in [0.717, 1.165) is 53.0 Å². The van der Waals surface area contributed by atoms with E-state index in [1.54, 1.807) is 0 Å². The summed E-state index contributed by atoms with van der Waals surface area (Å²) < 4.78 is 12.3. The molecule has 0 bridgehead atoms. The fraction of sp³-hybridized carbons (Fsp3) is 0.375. The first-order valence-electron chi connectivity index (χ1n) is 13.3. The lowest BCUT2D eigenvalue weighted by molar-refractivity contribution is -0.144. The van der Waals surface area contributed by atoms with Crippen molar-refractivity contribution in [2.24, 2.45) is 0 Å². The van der Waals surface area contributed by atoms with Crippen LogP contribution in [0.15, 0.2) is 60.7 Å². The van der Waals surface area contributed by atoms with Gasteiger partial charge in [0.1, 0.15) is 29.2 Å². The number of amides is 1. The molecule has 7 heteroatoms. The Hall–Kier alpha value is -3.51. The number of carbonyl (C=O) groups excluding carboxylic acids is 1. The van der Waals surface area contributed by atoms with Gasteiger partial charge in [0.25, 0.3) is 0 Å². The molecule has 2 aliphatic rings. The van der Waals surface area contributed by atoms with Gasteiger partial charge in [-0.2, -0.15) is 0 Å². The first kappa shape index (κ1) is 27.1. The lowest BCUT2D eigenvalue weighted by Crippen LogP contribution is -2.35. The summed E-state index contributed by atoms with van der Waals surface area (Å²) in [6.45, 7) is 6.11. The maximum absolute atomic E-state index is 13.2. The highest BCUT2D eigenvalue weighted by Crippen LogP contribution is 2.38. The van der Waals surface area contributed by atoms with Gasteiger partial charge in [0.15, 0.2) is 0 Å². The van der Waals surface area contributed by atoms with Gasteiger partial charge in [-0.05, 0) is 79.3 Å². The number of rotatable bonds is 9.